The third-order valence-electron chi connectivity index (χ3n) is 10.3. The van der Waals surface area contributed by atoms with Crippen LogP contribution in [-0.2, 0) is 34.1 Å². The Morgan fingerprint density at radius 3 is 1.00 bits per heavy atom. The van der Waals surface area contributed by atoms with Crippen molar-refractivity contribution in [1.29, 1.82) is 0 Å². The second-order valence-electron chi connectivity index (χ2n) is 15.7. The predicted molar refractivity (Wildman–Crippen MR) is 227 cm³/mol. The minimum atomic E-state index is 0. The number of rotatable bonds is 11. The fourth-order valence-corrected chi connectivity index (χ4v) is 7.40. The van der Waals surface area contributed by atoms with Crippen LogP contribution in [0.5, 0.6) is 0 Å². The fourth-order valence-electron chi connectivity index (χ4n) is 7.40. The van der Waals surface area contributed by atoms with E-state index < -0.39 is 0 Å². The van der Waals surface area contributed by atoms with Crippen LogP contribution in [-0.4, -0.2) is 22.4 Å². The van der Waals surface area contributed by atoms with Crippen molar-refractivity contribution in [3.63, 3.8) is 0 Å². The van der Waals surface area contributed by atoms with Crippen molar-refractivity contribution in [2.24, 2.45) is 0 Å². The molecule has 0 unspecified atom stereocenters. The van der Waals surface area contributed by atoms with Crippen molar-refractivity contribution in [1.82, 2.24) is 19.1 Å². The predicted octanol–water partition coefficient (Wildman–Crippen LogP) is 1.60. The summed E-state index contributed by atoms with van der Waals surface area (Å²) in [5, 5.41) is 0. The molecule has 0 aliphatic carbocycles. The van der Waals surface area contributed by atoms with Crippen LogP contribution in [0.3, 0.4) is 0 Å². The molecule has 3 aromatic carbocycles. The Balaban J connectivity index is 0. The van der Waals surface area contributed by atoms with Gasteiger partial charge in [0, 0.05) is 34.4 Å². The Morgan fingerprint density at radius 1 is 0.466 bits per heavy atom. The molecule has 10 heteroatoms. The Hall–Kier alpha value is -2.50. The van der Waals surface area contributed by atoms with Gasteiger partial charge < -0.3 is 49.6 Å². The summed E-state index contributed by atoms with van der Waals surface area (Å²) in [5.74, 6) is 3.53. The summed E-state index contributed by atoms with van der Waals surface area (Å²) in [5.41, 5.74) is 15.7. The first-order chi connectivity index (χ1) is 24.8. The van der Waals surface area contributed by atoms with Crippen molar-refractivity contribution >= 4 is 35.4 Å². The maximum Gasteiger partial charge on any atom is 2.00 e. The van der Waals surface area contributed by atoms with Gasteiger partial charge in [0.15, 0.2) is 0 Å². The van der Waals surface area contributed by atoms with Crippen LogP contribution < -0.4 is 58.8 Å². The monoisotopic (exact) mass is 958 g/mol. The Labute approximate surface area is 395 Å². The largest absolute Gasteiger partial charge is 2.00 e. The van der Waals surface area contributed by atoms with Crippen LogP contribution >= 0.6 is 0 Å². The molecule has 0 saturated heterocycles. The van der Waals surface area contributed by atoms with Gasteiger partial charge in [-0.1, -0.05) is 93.5 Å². The van der Waals surface area contributed by atoms with E-state index in [1.165, 1.54) is 67.0 Å². The minimum absolute atomic E-state index is 0. The minimum Gasteiger partial charge on any atom is -1.00 e. The van der Waals surface area contributed by atoms with E-state index >= 15 is 0 Å². The van der Waals surface area contributed by atoms with Gasteiger partial charge >= 0.3 is 45.8 Å². The summed E-state index contributed by atoms with van der Waals surface area (Å²) >= 11 is 0. The van der Waals surface area contributed by atoms with Crippen LogP contribution in [0.4, 0.5) is 23.0 Å². The van der Waals surface area contributed by atoms with Crippen molar-refractivity contribution in [2.45, 2.75) is 120 Å². The molecule has 0 aliphatic heterocycles. The zero-order valence-corrected chi connectivity index (χ0v) is 40.9. The molecule has 0 spiro atoms. The van der Waals surface area contributed by atoms with E-state index in [-0.39, 0.29) is 83.8 Å². The van der Waals surface area contributed by atoms with Gasteiger partial charge in [-0.2, -0.15) is 0 Å². The zero-order valence-electron chi connectivity index (χ0n) is 36.0. The van der Waals surface area contributed by atoms with E-state index in [0.717, 1.165) is 11.6 Å². The normalized spacial score (nSPS) is 11.3. The third-order valence-corrected chi connectivity index (χ3v) is 10.3. The van der Waals surface area contributed by atoms with Crippen molar-refractivity contribution in [3.8, 4) is 22.3 Å². The molecule has 0 fully saturated rings. The van der Waals surface area contributed by atoms with Gasteiger partial charge in [0.1, 0.15) is 23.8 Å². The quantitative estimate of drug-likeness (QED) is 0.115. The van der Waals surface area contributed by atoms with Gasteiger partial charge in [0.25, 0.3) is 0 Å². The van der Waals surface area contributed by atoms with E-state index in [1.54, 1.807) is 0 Å². The van der Waals surface area contributed by atoms with Crippen molar-refractivity contribution < 1.29 is 83.8 Å². The van der Waals surface area contributed by atoms with Gasteiger partial charge in [0.2, 0.25) is 0 Å². The average molecular weight is 962 g/mol. The van der Waals surface area contributed by atoms with E-state index in [9.17, 15) is 0 Å². The molecule has 2 radical (unpaired) electrons. The summed E-state index contributed by atoms with van der Waals surface area (Å²) in [4.78, 5) is 9.53. The zero-order chi connectivity index (χ0) is 37.9. The summed E-state index contributed by atoms with van der Waals surface area (Å²) in [6.45, 7) is 29.7. The molecule has 4 nitrogen and oxygen atoms in total. The molecule has 0 aliphatic rings. The Morgan fingerprint density at radius 2 is 0.776 bits per heavy atom. The molecule has 5 rings (SSSR count). The van der Waals surface area contributed by atoms with E-state index in [4.69, 9.17) is 9.97 Å². The number of halogens is 4. The van der Waals surface area contributed by atoms with Crippen molar-refractivity contribution in [2.75, 3.05) is 0 Å². The molecule has 0 N–H and O–H groups in total. The van der Waals surface area contributed by atoms with E-state index in [1.807, 2.05) is 24.5 Å². The Bertz CT molecular complexity index is 1910. The van der Waals surface area contributed by atoms with Crippen LogP contribution in [0.15, 0.2) is 85.2 Å². The molecule has 0 atom stereocenters. The SMILES string of the molecule is CC=[N+](c1ccccn1)c1c(C(C)C)cc(-c2cc(C(C)C)cc(-c3cc(C(C)C)c([N+](=CC)c4ccccn4)c(C(C)C)c3)c2C)cc1C(C)C.[Cl-].[Cl-].[Cl-].[Cl-].[Cu+2].[Cu+2]. The number of aromatic nitrogens is 2. The molecular formula is C48H60Cl4Cu2N4+2. The summed E-state index contributed by atoms with van der Waals surface area (Å²) in [6.07, 6.45) is 8.08. The molecule has 2 heterocycles. The second kappa shape index (κ2) is 25.3. The second-order valence-corrected chi connectivity index (χ2v) is 15.7. The molecule has 320 valence electrons. The van der Waals surface area contributed by atoms with Gasteiger partial charge in [0.05, 0.1) is 12.4 Å². The standard InChI is InChI=1S/C48H60N4.4ClH.2Cu/c1-14-51(45-20-16-18-22-49-45)47-39(31(5)6)26-37(27-40(47)32(7)8)43-24-36(30(3)4)25-44(35(43)13)38-28-41(33(9)10)48(42(29-38)34(11)12)52(15-2)46-21-17-19-23-50-46;;;;;;/h14-34H,1-13H3;4*1H;;/q+2;;;;;2*+2/p-4. The number of benzene rings is 3. The summed E-state index contributed by atoms with van der Waals surface area (Å²) in [7, 11) is 0. The molecular weight excluding hydrogens is 901 g/mol. The fraction of sp³-hybridized carbons (Fsp3) is 0.375. The molecule has 0 bridgehead atoms. The molecule has 0 amide bonds. The summed E-state index contributed by atoms with van der Waals surface area (Å²) in [6, 6.07) is 27.0. The van der Waals surface area contributed by atoms with Crippen LogP contribution in [0.1, 0.15) is 146 Å². The Kier molecular flexibility index (Phi) is 25.1. The topological polar surface area (TPSA) is 31.8 Å². The molecule has 2 aromatic heterocycles. The first kappa shape index (κ1) is 57.6. The van der Waals surface area contributed by atoms with Crippen molar-refractivity contribution in [3.05, 3.63) is 119 Å². The maximum absolute atomic E-state index is 4.76. The van der Waals surface area contributed by atoms with E-state index in [0.29, 0.717) is 29.6 Å². The molecule has 0 saturated carbocycles. The van der Waals surface area contributed by atoms with Crippen LogP contribution in [0, 0.1) is 6.92 Å². The van der Waals surface area contributed by atoms with Crippen LogP contribution in [0.25, 0.3) is 22.3 Å². The third kappa shape index (κ3) is 12.3. The number of pyridine rings is 2. The summed E-state index contributed by atoms with van der Waals surface area (Å²) < 4.78 is 4.56. The first-order valence-corrected chi connectivity index (χ1v) is 19.3. The molecule has 58 heavy (non-hydrogen) atoms. The van der Waals surface area contributed by atoms with Crippen LogP contribution in [0.2, 0.25) is 0 Å². The number of hydrogen-bond donors (Lipinski definition) is 0. The van der Waals surface area contributed by atoms with Gasteiger partial charge in [-0.25, -0.2) is 9.15 Å². The number of hydrogen-bond acceptors (Lipinski definition) is 2. The molecule has 5 aromatic rings. The first-order valence-electron chi connectivity index (χ1n) is 19.3. The maximum atomic E-state index is 4.76. The number of nitrogens with zero attached hydrogens (tertiary/aromatic N) is 4. The van der Waals surface area contributed by atoms with Gasteiger partial charge in [-0.05, 0) is 130 Å². The average Bonchev–Trinajstić information content (AvgIpc) is 3.12. The van der Waals surface area contributed by atoms with E-state index in [2.05, 4.69) is 172 Å². The van der Waals surface area contributed by atoms with Gasteiger partial charge in [-0.15, -0.1) is 0 Å². The smallest absolute Gasteiger partial charge is 1.00 e. The van der Waals surface area contributed by atoms with Gasteiger partial charge in [-0.3, -0.25) is 0 Å².